The van der Waals surface area contributed by atoms with Crippen LogP contribution in [0, 0.1) is 183 Å². The Kier molecular flexibility index (Phi) is 43.8. The third-order valence-electron chi connectivity index (χ3n) is 6.09. The van der Waals surface area contributed by atoms with E-state index in [2.05, 4.69) is 0 Å². The Morgan fingerprint density at radius 2 is 0.312 bits per heavy atom. The van der Waals surface area contributed by atoms with E-state index in [1.54, 1.807) is 0 Å². The second-order valence-corrected chi connectivity index (χ2v) is 24.6. The predicted octanol–water partition coefficient (Wildman–Crippen LogP) is -6.57. The van der Waals surface area contributed by atoms with Gasteiger partial charge in [-0.05, 0) is 48.5 Å². The Labute approximate surface area is 500 Å². The summed E-state index contributed by atoms with van der Waals surface area (Å²) in [5.41, 5.74) is 0. The van der Waals surface area contributed by atoms with Gasteiger partial charge in [0.15, 0.2) is 42.4 Å². The van der Waals surface area contributed by atoms with Gasteiger partial charge in [0, 0.05) is 180 Å². The molecule has 0 unspecified atom stereocenters. The fraction of sp³-hybridized carbons (Fsp3) is 0. The first-order valence-corrected chi connectivity index (χ1v) is 30.9. The molecule has 0 atom stereocenters. The Morgan fingerprint density at radius 1 is 0.234 bits per heavy atom. The maximum atomic E-state index is 8.87. The van der Waals surface area contributed by atoms with Crippen LogP contribution in [-0.4, -0.2) is 117 Å². The standard InChI is InChI=1S/4C6H10O6P2.2O.6U/c4*7-13(8,9)5-2-1-3-6(4-5)14(10,11)12;;;;;;;;/h4*1-4,7-12H;;;;;;;;/q4*+2;;;;;;;;. The third kappa shape index (κ3) is 34.0. The number of hydrogen-bond donors (Lipinski definition) is 24. The van der Waals surface area contributed by atoms with Crippen molar-refractivity contribution in [2.75, 3.05) is 0 Å². The maximum Gasteiger partial charge on any atom is 0 e. The SMILES string of the molecule is O[P+](O)(O)c1cccc([P+](O)(O)O)c1.O[P+](O)(O)c1cccc([P+](O)(O)O)c1.O[P+](O)(O)c1cccc([P+](O)(O)O)c1.O[P+](O)(O)c1cccc([P+](O)(O)O)c1.[O]=[U]=[O].[U].[U].[U].[U].[U]. The molecule has 40 heteroatoms. The van der Waals surface area contributed by atoms with Crippen molar-refractivity contribution in [1.29, 1.82) is 0 Å². The van der Waals surface area contributed by atoms with Gasteiger partial charge in [-0.2, -0.15) is 117 Å². The molecule has 0 fully saturated rings. The molecule has 0 saturated heterocycles. The molecule has 64 heavy (non-hydrogen) atoms. The summed E-state index contributed by atoms with van der Waals surface area (Å²) in [7, 11) is -33.4. The summed E-state index contributed by atoms with van der Waals surface area (Å²) in [5, 5.41) is -2.03. The monoisotopic (exact) mass is 2420 g/mol. The summed E-state index contributed by atoms with van der Waals surface area (Å²) < 4.78 is 17.2. The Morgan fingerprint density at radius 3 is 0.375 bits per heavy atom. The van der Waals surface area contributed by atoms with Crippen LogP contribution in [0.1, 0.15) is 0 Å². The van der Waals surface area contributed by atoms with Crippen LogP contribution in [0.5, 0.6) is 0 Å². The van der Waals surface area contributed by atoms with Gasteiger partial charge in [0.05, 0.1) is 0 Å². The molecular formula is C24H40O26P8U6+8. The second-order valence-electron chi connectivity index (χ2n) is 10.7. The van der Waals surface area contributed by atoms with Crippen LogP contribution in [0.25, 0.3) is 0 Å². The van der Waals surface area contributed by atoms with E-state index in [1.165, 1.54) is 72.8 Å². The van der Waals surface area contributed by atoms with Crippen molar-refractivity contribution in [3.8, 4) is 0 Å². The minimum Gasteiger partial charge on any atom is 0 e. The fourth-order valence-corrected chi connectivity index (χ4v) is 8.66. The van der Waals surface area contributed by atoms with E-state index in [4.69, 9.17) is 122 Å². The zero-order chi connectivity index (χ0) is 46.6. The molecule has 0 radical (unpaired) electrons. The van der Waals surface area contributed by atoms with E-state index in [-0.39, 0.29) is 198 Å². The Hall–Kier alpha value is 5.27. The van der Waals surface area contributed by atoms with Gasteiger partial charge in [0.25, 0.3) is 0 Å². The summed E-state index contributed by atoms with van der Waals surface area (Å²) in [6.07, 6.45) is 0. The van der Waals surface area contributed by atoms with E-state index >= 15 is 0 Å². The summed E-state index contributed by atoms with van der Waals surface area (Å²) in [6.45, 7) is 0. The van der Waals surface area contributed by atoms with Crippen LogP contribution < -0.4 is 42.4 Å². The molecule has 0 spiro atoms. The summed E-state index contributed by atoms with van der Waals surface area (Å²) in [6, 6.07) is 18.4. The first kappa shape index (κ1) is 80.7. The maximum absolute atomic E-state index is 8.87. The molecular weight excluding hydrogens is 2380 g/mol. The molecule has 0 amide bonds. The molecule has 0 aromatic heterocycles. The van der Waals surface area contributed by atoms with Gasteiger partial charge in [0.1, 0.15) is 0 Å². The summed E-state index contributed by atoms with van der Waals surface area (Å²) >= 11 is -2.51. The molecule has 0 aliphatic heterocycles. The predicted molar refractivity (Wildman–Crippen MR) is 213 cm³/mol. The number of hydrogen-bond acceptors (Lipinski definition) is 26. The van der Waals surface area contributed by atoms with Crippen LogP contribution in [0.15, 0.2) is 97.1 Å². The van der Waals surface area contributed by atoms with E-state index in [0.717, 1.165) is 24.3 Å². The molecule has 4 aromatic rings. The number of benzene rings is 4. The van der Waals surface area contributed by atoms with Crippen molar-refractivity contribution >= 4 is 106 Å². The topological polar surface area (TPSA) is 520 Å². The van der Waals surface area contributed by atoms with Crippen LogP contribution >= 0.6 is 63.5 Å². The van der Waals surface area contributed by atoms with Crippen molar-refractivity contribution in [2.45, 2.75) is 0 Å². The minimum atomic E-state index is -4.18. The van der Waals surface area contributed by atoms with E-state index in [1.807, 2.05) is 0 Å². The van der Waals surface area contributed by atoms with Gasteiger partial charge in [-0.3, -0.25) is 0 Å². The largest absolute Gasteiger partial charge is 0 e. The smallest absolute Gasteiger partial charge is 0 e. The molecule has 0 heterocycles. The zero-order valence-corrected chi connectivity index (χ0v) is 63.5. The Bertz CT molecular complexity index is 1590. The second kappa shape index (κ2) is 34.8. The van der Waals surface area contributed by atoms with Gasteiger partial charge < -0.3 is 0 Å². The molecule has 0 bridgehead atoms. The van der Waals surface area contributed by atoms with Crippen LogP contribution in [-0.2, 0) is 4.47 Å². The molecule has 0 saturated carbocycles. The van der Waals surface area contributed by atoms with Gasteiger partial charge in [-0.15, -0.1) is 0 Å². The van der Waals surface area contributed by atoms with Crippen molar-refractivity contribution in [3.05, 3.63) is 97.1 Å². The quantitative estimate of drug-likeness (QED) is 0.0729. The van der Waals surface area contributed by atoms with Gasteiger partial charge >= 0.3 is 95.8 Å². The Balaban J connectivity index is -0.000000167. The average Bonchev–Trinajstić information content (AvgIpc) is 3.07. The van der Waals surface area contributed by atoms with Crippen LogP contribution in [0.4, 0.5) is 0 Å². The average molecular weight is 2420 g/mol. The van der Waals surface area contributed by atoms with Crippen molar-refractivity contribution < 1.29 is 305 Å². The molecule has 4 aromatic carbocycles. The molecule has 4 rings (SSSR count). The van der Waals surface area contributed by atoms with Gasteiger partial charge in [-0.25, -0.2) is 0 Å². The van der Waals surface area contributed by atoms with E-state index in [9.17, 15) is 0 Å². The van der Waals surface area contributed by atoms with E-state index in [0.29, 0.717) is 0 Å². The van der Waals surface area contributed by atoms with E-state index < -0.39 is 91.4 Å². The normalized spacial score (nSPS) is 11.5. The molecule has 348 valence electrons. The molecule has 24 N–H and O–H groups in total. The first-order valence-electron chi connectivity index (χ1n) is 14.3. The van der Waals surface area contributed by atoms with Crippen molar-refractivity contribution in [1.82, 2.24) is 0 Å². The fourth-order valence-electron chi connectivity index (χ4n) is 3.46. The van der Waals surface area contributed by atoms with Gasteiger partial charge in [0.2, 0.25) is 0 Å². The van der Waals surface area contributed by atoms with Crippen molar-refractivity contribution in [2.24, 2.45) is 0 Å². The molecule has 26 nitrogen and oxygen atoms in total. The summed E-state index contributed by atoms with van der Waals surface area (Å²) in [5.74, 6) is 0. The first-order chi connectivity index (χ1) is 26.3. The third-order valence-corrected chi connectivity index (χ3v) is 13.9. The zero-order valence-electron chi connectivity index (χ0n) is 31.4. The van der Waals surface area contributed by atoms with Crippen LogP contribution in [0.3, 0.4) is 0 Å². The van der Waals surface area contributed by atoms with Crippen LogP contribution in [0.2, 0.25) is 0 Å². The van der Waals surface area contributed by atoms with Gasteiger partial charge in [-0.1, -0.05) is 24.3 Å². The molecule has 0 aliphatic carbocycles. The number of rotatable bonds is 8. The minimum absolute atomic E-state index is 0. The van der Waals surface area contributed by atoms with Crippen molar-refractivity contribution in [3.63, 3.8) is 0 Å². The molecule has 0 aliphatic rings. The summed E-state index contributed by atoms with van der Waals surface area (Å²) in [4.78, 5) is 213.